The van der Waals surface area contributed by atoms with Crippen molar-refractivity contribution in [1.29, 1.82) is 0 Å². The lowest BCUT2D eigenvalue weighted by Crippen LogP contribution is -2.43. The number of ether oxygens (including phenoxy) is 2. The average molecular weight is 342 g/mol. The number of hydrogen-bond acceptors (Lipinski definition) is 3. The number of amides is 2. The highest BCUT2D eigenvalue weighted by Crippen LogP contribution is 2.26. The summed E-state index contributed by atoms with van der Waals surface area (Å²) >= 11 is 0. The van der Waals surface area contributed by atoms with Gasteiger partial charge in [0.05, 0.1) is 7.11 Å². The maximum absolute atomic E-state index is 12.1. The Morgan fingerprint density at radius 1 is 1.08 bits per heavy atom. The molecule has 2 N–H and O–H groups in total. The lowest BCUT2D eigenvalue weighted by Gasteiger charge is -2.20. The predicted octanol–water partition coefficient (Wildman–Crippen LogP) is 4.04. The fourth-order valence-electron chi connectivity index (χ4n) is 2.49. The van der Waals surface area contributed by atoms with Crippen LogP contribution in [0.25, 0.3) is 0 Å². The molecule has 0 saturated carbocycles. The van der Waals surface area contributed by atoms with Gasteiger partial charge >= 0.3 is 6.03 Å². The third-order valence-corrected chi connectivity index (χ3v) is 3.77. The van der Waals surface area contributed by atoms with Crippen LogP contribution in [0.3, 0.4) is 0 Å². The van der Waals surface area contributed by atoms with Crippen molar-refractivity contribution in [3.63, 3.8) is 0 Å². The van der Waals surface area contributed by atoms with E-state index in [9.17, 15) is 4.79 Å². The van der Waals surface area contributed by atoms with Crippen molar-refractivity contribution in [2.45, 2.75) is 39.5 Å². The summed E-state index contributed by atoms with van der Waals surface area (Å²) < 4.78 is 11.0. The maximum Gasteiger partial charge on any atom is 0.317 e. The summed E-state index contributed by atoms with van der Waals surface area (Å²) in [7, 11) is 1.62. The molecular weight excluding hydrogens is 316 g/mol. The van der Waals surface area contributed by atoms with Crippen molar-refractivity contribution in [2.24, 2.45) is 0 Å². The van der Waals surface area contributed by atoms with Crippen LogP contribution >= 0.6 is 0 Å². The van der Waals surface area contributed by atoms with Crippen LogP contribution in [0.4, 0.5) is 4.79 Å². The van der Waals surface area contributed by atoms with Crippen LogP contribution in [0.1, 0.15) is 37.8 Å². The smallest absolute Gasteiger partial charge is 0.317 e. The number of nitrogens with one attached hydrogen (secondary N) is 2. The first kappa shape index (κ1) is 18.6. The molecule has 0 aromatic heterocycles. The molecule has 2 amide bonds. The molecule has 0 saturated heterocycles. The van der Waals surface area contributed by atoms with Crippen molar-refractivity contribution in [3.8, 4) is 11.5 Å². The second kappa shape index (κ2) is 8.97. The second-order valence-electron chi connectivity index (χ2n) is 6.13. The Labute approximate surface area is 149 Å². The van der Waals surface area contributed by atoms with E-state index in [1.807, 2.05) is 55.5 Å². The van der Waals surface area contributed by atoms with E-state index >= 15 is 0 Å². The highest BCUT2D eigenvalue weighted by molar-refractivity contribution is 5.74. The number of rotatable bonds is 7. The van der Waals surface area contributed by atoms with Gasteiger partial charge in [-0.3, -0.25) is 0 Å². The molecule has 0 aliphatic rings. The van der Waals surface area contributed by atoms with Crippen molar-refractivity contribution in [1.82, 2.24) is 10.6 Å². The first-order chi connectivity index (χ1) is 12.0. The normalized spacial score (nSPS) is 11.7. The van der Waals surface area contributed by atoms with E-state index in [4.69, 9.17) is 9.47 Å². The number of para-hydroxylation sites is 1. The van der Waals surface area contributed by atoms with E-state index in [-0.39, 0.29) is 6.03 Å². The Bertz CT molecular complexity index is 701. The number of methoxy groups -OCH3 is 1. The third kappa shape index (κ3) is 5.71. The van der Waals surface area contributed by atoms with Gasteiger partial charge in [0, 0.05) is 6.54 Å². The Morgan fingerprint density at radius 2 is 1.84 bits per heavy atom. The molecule has 134 valence electrons. The number of carbonyl (C=O) groups is 1. The highest BCUT2D eigenvalue weighted by Gasteiger charge is 2.12. The van der Waals surface area contributed by atoms with Gasteiger partial charge in [-0.1, -0.05) is 44.2 Å². The SMILES string of the molecule is COc1cccc(CNC(=O)NC(C)Oc2ccccc2C(C)C)c1. The summed E-state index contributed by atoms with van der Waals surface area (Å²) in [5.41, 5.74) is 2.08. The van der Waals surface area contributed by atoms with Gasteiger partial charge in [-0.25, -0.2) is 4.79 Å². The van der Waals surface area contributed by atoms with Gasteiger partial charge in [-0.2, -0.15) is 0 Å². The van der Waals surface area contributed by atoms with E-state index in [0.717, 1.165) is 22.6 Å². The monoisotopic (exact) mass is 342 g/mol. The zero-order valence-electron chi connectivity index (χ0n) is 15.2. The lowest BCUT2D eigenvalue weighted by molar-refractivity contribution is 0.175. The van der Waals surface area contributed by atoms with Crippen LogP contribution < -0.4 is 20.1 Å². The van der Waals surface area contributed by atoms with Gasteiger partial charge in [-0.15, -0.1) is 0 Å². The molecule has 0 fully saturated rings. The van der Waals surface area contributed by atoms with Gasteiger partial charge in [-0.05, 0) is 42.2 Å². The van der Waals surface area contributed by atoms with Gasteiger partial charge in [0.1, 0.15) is 11.5 Å². The molecule has 5 nitrogen and oxygen atoms in total. The van der Waals surface area contributed by atoms with Gasteiger partial charge < -0.3 is 20.1 Å². The van der Waals surface area contributed by atoms with Crippen molar-refractivity contribution in [2.75, 3.05) is 7.11 Å². The van der Waals surface area contributed by atoms with Gasteiger partial charge in [0.15, 0.2) is 6.23 Å². The number of benzene rings is 2. The molecule has 25 heavy (non-hydrogen) atoms. The Morgan fingerprint density at radius 3 is 2.56 bits per heavy atom. The number of urea groups is 1. The average Bonchev–Trinajstić information content (AvgIpc) is 2.60. The van der Waals surface area contributed by atoms with E-state index in [1.54, 1.807) is 7.11 Å². The topological polar surface area (TPSA) is 59.6 Å². The Hall–Kier alpha value is -2.69. The van der Waals surface area contributed by atoms with E-state index < -0.39 is 6.23 Å². The minimum Gasteiger partial charge on any atom is -0.497 e. The van der Waals surface area contributed by atoms with Gasteiger partial charge in [0.2, 0.25) is 0 Å². The van der Waals surface area contributed by atoms with Crippen LogP contribution in [0.2, 0.25) is 0 Å². The second-order valence-corrected chi connectivity index (χ2v) is 6.13. The summed E-state index contributed by atoms with van der Waals surface area (Å²) in [6.07, 6.45) is -0.440. The van der Waals surface area contributed by atoms with Crippen LogP contribution in [-0.4, -0.2) is 19.4 Å². The quantitative estimate of drug-likeness (QED) is 0.747. The van der Waals surface area contributed by atoms with Crippen LogP contribution in [-0.2, 0) is 6.54 Å². The molecule has 1 atom stereocenters. The van der Waals surface area contributed by atoms with E-state index in [0.29, 0.717) is 12.5 Å². The molecule has 2 aromatic rings. The summed E-state index contributed by atoms with van der Waals surface area (Å²) in [5.74, 6) is 1.91. The minimum atomic E-state index is -0.440. The van der Waals surface area contributed by atoms with E-state index in [2.05, 4.69) is 24.5 Å². The highest BCUT2D eigenvalue weighted by atomic mass is 16.5. The zero-order valence-corrected chi connectivity index (χ0v) is 15.2. The molecule has 0 aliphatic heterocycles. The van der Waals surface area contributed by atoms with Crippen molar-refractivity contribution < 1.29 is 14.3 Å². The zero-order chi connectivity index (χ0) is 18.2. The van der Waals surface area contributed by atoms with Crippen LogP contribution in [0, 0.1) is 0 Å². The Kier molecular flexibility index (Phi) is 6.69. The standard InChI is InChI=1S/C20H26N2O3/c1-14(2)18-10-5-6-11-19(18)25-15(3)22-20(23)21-13-16-8-7-9-17(12-16)24-4/h5-12,14-15H,13H2,1-4H3,(H2,21,22,23). The fourth-order valence-corrected chi connectivity index (χ4v) is 2.49. The molecule has 0 radical (unpaired) electrons. The molecule has 0 spiro atoms. The molecular formula is C20H26N2O3. The predicted molar refractivity (Wildman–Crippen MR) is 99.0 cm³/mol. The number of hydrogen-bond donors (Lipinski definition) is 2. The van der Waals surface area contributed by atoms with Crippen LogP contribution in [0.15, 0.2) is 48.5 Å². The summed E-state index contributed by atoms with van der Waals surface area (Å²) in [5, 5.41) is 5.61. The first-order valence-corrected chi connectivity index (χ1v) is 8.42. The summed E-state index contributed by atoms with van der Waals surface area (Å²) in [4.78, 5) is 12.1. The molecule has 0 aliphatic carbocycles. The third-order valence-electron chi connectivity index (χ3n) is 3.77. The largest absolute Gasteiger partial charge is 0.497 e. The minimum absolute atomic E-state index is 0.280. The van der Waals surface area contributed by atoms with Gasteiger partial charge in [0.25, 0.3) is 0 Å². The fraction of sp³-hybridized carbons (Fsp3) is 0.350. The Balaban J connectivity index is 1.86. The number of carbonyl (C=O) groups excluding carboxylic acids is 1. The molecule has 0 bridgehead atoms. The molecule has 2 rings (SSSR count). The molecule has 1 unspecified atom stereocenters. The maximum atomic E-state index is 12.1. The van der Waals surface area contributed by atoms with Crippen molar-refractivity contribution in [3.05, 3.63) is 59.7 Å². The lowest BCUT2D eigenvalue weighted by atomic mass is 10.0. The molecule has 5 heteroatoms. The summed E-state index contributed by atoms with van der Waals surface area (Å²) in [6, 6.07) is 15.2. The van der Waals surface area contributed by atoms with Crippen LogP contribution in [0.5, 0.6) is 11.5 Å². The van der Waals surface area contributed by atoms with Crippen molar-refractivity contribution >= 4 is 6.03 Å². The molecule has 0 heterocycles. The molecule has 2 aromatic carbocycles. The summed E-state index contributed by atoms with van der Waals surface area (Å²) in [6.45, 7) is 6.45. The van der Waals surface area contributed by atoms with E-state index in [1.165, 1.54) is 0 Å². The first-order valence-electron chi connectivity index (χ1n) is 8.42.